The molecule has 4 unspecified atom stereocenters. The lowest BCUT2D eigenvalue weighted by molar-refractivity contribution is -0.181. The van der Waals surface area contributed by atoms with E-state index in [0.717, 1.165) is 0 Å². The van der Waals surface area contributed by atoms with E-state index in [2.05, 4.69) is 11.8 Å². The molecule has 0 spiro atoms. The van der Waals surface area contributed by atoms with Gasteiger partial charge in [0.15, 0.2) is 34.7 Å². The van der Waals surface area contributed by atoms with Crippen molar-refractivity contribution in [3.8, 4) is 23.3 Å². The van der Waals surface area contributed by atoms with E-state index in [1.807, 2.05) is 0 Å². The molecule has 0 saturated heterocycles. The van der Waals surface area contributed by atoms with Gasteiger partial charge >= 0.3 is 0 Å². The van der Waals surface area contributed by atoms with Gasteiger partial charge < -0.3 is 21.1 Å². The van der Waals surface area contributed by atoms with Gasteiger partial charge in [-0.25, -0.2) is 0 Å². The minimum absolute atomic E-state index is 0.0337. The Hall–Kier alpha value is -4.33. The first-order valence-electron chi connectivity index (χ1n) is 12.4. The molecule has 0 aromatic heterocycles. The van der Waals surface area contributed by atoms with Crippen molar-refractivity contribution in [3.05, 3.63) is 58.7 Å². The quantitative estimate of drug-likeness (QED) is 0.307. The lowest BCUT2D eigenvalue weighted by atomic mass is 9.52. The van der Waals surface area contributed by atoms with Crippen molar-refractivity contribution >= 4 is 29.0 Å². The molecule has 5 rings (SSSR count). The number of aromatic hydroxyl groups is 2. The summed E-state index contributed by atoms with van der Waals surface area (Å²) in [6.45, 7) is 0. The summed E-state index contributed by atoms with van der Waals surface area (Å²) in [6, 6.07) is 7.96. The number of hydrogen-bond acceptors (Lipinski definition) is 9. The largest absolute Gasteiger partial charge is 0.508 e. The number of primary amides is 1. The van der Waals surface area contributed by atoms with Crippen LogP contribution in [-0.4, -0.2) is 75.0 Å². The monoisotopic (exact) mass is 530 g/mol. The van der Waals surface area contributed by atoms with Gasteiger partial charge in [-0.2, -0.15) is 0 Å². The zero-order chi connectivity index (χ0) is 28.4. The number of rotatable bonds is 2. The standard InChI is InChI=1S/C29H26N2O8/c1-31(2)23-18-12-15-11-17-14(7-6-13-4-3-5-16(32)10-13)8-9-19(33)21(17)24(34)20(15)26(36)29(18,39)27(37)22(25(23)35)28(30)38/h3-5,8-10,15,18,20,22-23,32-33,39H,11-12H2,1-2H3,(H2,30,38)/t15?,18?,20?,22?,23-,29-/m0/s1. The Morgan fingerprint density at radius 3 is 2.41 bits per heavy atom. The van der Waals surface area contributed by atoms with Crippen LogP contribution < -0.4 is 5.73 Å². The molecule has 2 fully saturated rings. The van der Waals surface area contributed by atoms with Gasteiger partial charge in [-0.05, 0) is 68.8 Å². The molecule has 39 heavy (non-hydrogen) atoms. The average Bonchev–Trinajstić information content (AvgIpc) is 2.85. The highest BCUT2D eigenvalue weighted by molar-refractivity contribution is 6.32. The van der Waals surface area contributed by atoms with Crippen LogP contribution in [0.5, 0.6) is 11.5 Å². The smallest absolute Gasteiger partial charge is 0.235 e. The van der Waals surface area contributed by atoms with Crippen molar-refractivity contribution in [1.82, 2.24) is 4.90 Å². The Bertz CT molecular complexity index is 1530. The fourth-order valence-electron chi connectivity index (χ4n) is 6.45. The van der Waals surface area contributed by atoms with Crippen LogP contribution >= 0.6 is 0 Å². The number of aliphatic hydroxyl groups is 1. The molecule has 2 aromatic rings. The Morgan fingerprint density at radius 1 is 1.05 bits per heavy atom. The maximum Gasteiger partial charge on any atom is 0.235 e. The van der Waals surface area contributed by atoms with Crippen LogP contribution in [0, 0.1) is 35.5 Å². The van der Waals surface area contributed by atoms with Crippen LogP contribution in [0.3, 0.4) is 0 Å². The van der Waals surface area contributed by atoms with E-state index < -0.39 is 64.4 Å². The van der Waals surface area contributed by atoms with Gasteiger partial charge in [-0.3, -0.25) is 28.9 Å². The molecule has 10 heteroatoms. The molecular weight excluding hydrogens is 504 g/mol. The summed E-state index contributed by atoms with van der Waals surface area (Å²) in [7, 11) is 3.06. The number of carbonyl (C=O) groups excluding carboxylic acids is 5. The van der Waals surface area contributed by atoms with E-state index in [9.17, 15) is 39.3 Å². The zero-order valence-electron chi connectivity index (χ0n) is 21.2. The number of fused-ring (bicyclic) bond motifs is 3. The third-order valence-corrected chi connectivity index (χ3v) is 8.13. The summed E-state index contributed by atoms with van der Waals surface area (Å²) in [5.41, 5.74) is 3.80. The van der Waals surface area contributed by atoms with E-state index >= 15 is 0 Å². The van der Waals surface area contributed by atoms with Gasteiger partial charge in [0.25, 0.3) is 0 Å². The summed E-state index contributed by atoms with van der Waals surface area (Å²) in [5.74, 6) is -5.06. The Morgan fingerprint density at radius 2 is 1.77 bits per heavy atom. The molecule has 10 nitrogen and oxygen atoms in total. The molecular formula is C29H26N2O8. The van der Waals surface area contributed by atoms with Gasteiger partial charge in [0.1, 0.15) is 11.5 Å². The van der Waals surface area contributed by atoms with Crippen LogP contribution in [0.2, 0.25) is 0 Å². The van der Waals surface area contributed by atoms with Crippen molar-refractivity contribution in [1.29, 1.82) is 0 Å². The second-order valence-corrected chi connectivity index (χ2v) is 10.6. The lowest BCUT2D eigenvalue weighted by Gasteiger charge is -2.52. The van der Waals surface area contributed by atoms with Crippen LogP contribution in [0.15, 0.2) is 36.4 Å². The minimum Gasteiger partial charge on any atom is -0.508 e. The van der Waals surface area contributed by atoms with Crippen LogP contribution in [0.1, 0.15) is 33.5 Å². The number of benzene rings is 2. The molecule has 2 aromatic carbocycles. The highest BCUT2D eigenvalue weighted by Crippen LogP contribution is 2.50. The van der Waals surface area contributed by atoms with Crippen LogP contribution in [-0.2, 0) is 25.6 Å². The second-order valence-electron chi connectivity index (χ2n) is 10.6. The lowest BCUT2D eigenvalue weighted by Crippen LogP contribution is -2.74. The van der Waals surface area contributed by atoms with Crippen molar-refractivity contribution < 1.29 is 39.3 Å². The number of phenolic OH excluding ortho intramolecular Hbond substituents is 2. The fourth-order valence-corrected chi connectivity index (χ4v) is 6.45. The molecule has 5 N–H and O–H groups in total. The summed E-state index contributed by atoms with van der Waals surface area (Å²) in [5, 5.41) is 31.9. The molecule has 0 heterocycles. The molecule has 3 aliphatic rings. The Kier molecular flexibility index (Phi) is 6.17. The molecule has 2 saturated carbocycles. The van der Waals surface area contributed by atoms with E-state index in [0.29, 0.717) is 16.7 Å². The first-order valence-corrected chi connectivity index (χ1v) is 12.4. The maximum atomic E-state index is 13.8. The Labute approximate surface area is 223 Å². The molecule has 3 aliphatic carbocycles. The van der Waals surface area contributed by atoms with E-state index in [4.69, 9.17) is 5.73 Å². The first kappa shape index (κ1) is 26.3. The number of phenols is 2. The number of likely N-dealkylation sites (N-methyl/N-ethyl adjacent to an activating group) is 1. The third-order valence-electron chi connectivity index (χ3n) is 8.13. The van der Waals surface area contributed by atoms with E-state index in [1.165, 1.54) is 37.2 Å². The van der Waals surface area contributed by atoms with Gasteiger partial charge in [-0.15, -0.1) is 0 Å². The van der Waals surface area contributed by atoms with Crippen LogP contribution in [0.4, 0.5) is 0 Å². The van der Waals surface area contributed by atoms with Gasteiger partial charge in [0, 0.05) is 17.0 Å². The topological polar surface area (TPSA) is 175 Å². The predicted octanol–water partition coefficient (Wildman–Crippen LogP) is -0.0276. The molecule has 0 aliphatic heterocycles. The van der Waals surface area contributed by atoms with E-state index in [1.54, 1.807) is 18.2 Å². The van der Waals surface area contributed by atoms with Crippen molar-refractivity contribution in [2.45, 2.75) is 24.5 Å². The number of nitrogens with two attached hydrogens (primary N) is 1. The van der Waals surface area contributed by atoms with Crippen LogP contribution in [0.25, 0.3) is 0 Å². The molecule has 200 valence electrons. The Balaban J connectivity index is 1.61. The molecule has 0 bridgehead atoms. The third kappa shape index (κ3) is 3.85. The van der Waals surface area contributed by atoms with E-state index in [-0.39, 0.29) is 29.9 Å². The minimum atomic E-state index is -2.76. The highest BCUT2D eigenvalue weighted by Gasteiger charge is 2.69. The highest BCUT2D eigenvalue weighted by atomic mass is 16.3. The zero-order valence-corrected chi connectivity index (χ0v) is 21.2. The number of nitrogens with zero attached hydrogens (tertiary/aromatic N) is 1. The number of carbonyl (C=O) groups is 5. The SMILES string of the molecule is CN(C)[C@@H]1C(=O)C(C(N)=O)C(=O)[C@@]2(O)C(=O)C3C(=O)c4c(O)ccc(C#Cc5cccc(O)c5)c4CC3CC12. The van der Waals surface area contributed by atoms with Gasteiger partial charge in [-0.1, -0.05) is 17.9 Å². The van der Waals surface area contributed by atoms with Gasteiger partial charge in [0.05, 0.1) is 17.5 Å². The number of ketones is 4. The van der Waals surface area contributed by atoms with Crippen molar-refractivity contribution in [3.63, 3.8) is 0 Å². The molecule has 6 atom stereocenters. The summed E-state index contributed by atoms with van der Waals surface area (Å²) in [6.07, 6.45) is 0.0727. The summed E-state index contributed by atoms with van der Waals surface area (Å²) in [4.78, 5) is 67.5. The normalized spacial score (nSPS) is 29.7. The summed E-state index contributed by atoms with van der Waals surface area (Å²) >= 11 is 0. The maximum absolute atomic E-state index is 13.8. The summed E-state index contributed by atoms with van der Waals surface area (Å²) < 4.78 is 0. The predicted molar refractivity (Wildman–Crippen MR) is 135 cm³/mol. The van der Waals surface area contributed by atoms with Crippen molar-refractivity contribution in [2.24, 2.45) is 29.4 Å². The fraction of sp³-hybridized carbons (Fsp3) is 0.345. The van der Waals surface area contributed by atoms with Gasteiger partial charge in [0.2, 0.25) is 5.91 Å². The number of hydrogen-bond donors (Lipinski definition) is 4. The average molecular weight is 531 g/mol. The van der Waals surface area contributed by atoms with Crippen molar-refractivity contribution in [2.75, 3.05) is 14.1 Å². The molecule has 1 amide bonds. The number of amides is 1. The second kappa shape index (κ2) is 9.15. The first-order chi connectivity index (χ1) is 18.4. The molecule has 0 radical (unpaired) electrons. The number of Topliss-reactive ketones (excluding diaryl/α,β-unsaturated/α-hetero) is 4.